The number of aromatic nitrogens is 2. The zero-order chi connectivity index (χ0) is 15.7. The Balaban J connectivity index is 1.97. The molecule has 1 aromatic heterocycles. The van der Waals surface area contributed by atoms with Crippen molar-refractivity contribution in [3.05, 3.63) is 65.5 Å². The van der Waals surface area contributed by atoms with E-state index in [0.717, 1.165) is 23.2 Å². The minimum Gasteiger partial charge on any atom is -0.337 e. The van der Waals surface area contributed by atoms with E-state index >= 15 is 0 Å². The lowest BCUT2D eigenvalue weighted by atomic mass is 10.1. The summed E-state index contributed by atoms with van der Waals surface area (Å²) in [6, 6.07) is 12.3. The number of fused-ring (bicyclic) bond motifs is 1. The molecule has 0 bridgehead atoms. The average Bonchev–Trinajstić information content (AvgIpc) is 2.90. The molecule has 3 rings (SSSR count). The molecule has 0 amide bonds. The molecule has 0 aliphatic rings. The van der Waals surface area contributed by atoms with E-state index in [0.29, 0.717) is 11.4 Å². The molecule has 0 radical (unpaired) electrons. The Morgan fingerprint density at radius 3 is 2.59 bits per heavy atom. The topological polar surface area (TPSA) is 28.7 Å². The Hall–Kier alpha value is -2.27. The lowest BCUT2D eigenvalue weighted by Crippen LogP contribution is -2.04. The van der Waals surface area contributed by atoms with Gasteiger partial charge in [-0.25, -0.2) is 4.98 Å². The Morgan fingerprint density at radius 1 is 1.09 bits per heavy atom. The van der Waals surface area contributed by atoms with Crippen LogP contribution in [0.3, 0.4) is 0 Å². The number of hydrogen-bond acceptors (Lipinski definition) is 1. The first-order valence-corrected chi connectivity index (χ1v) is 6.81. The third kappa shape index (κ3) is 2.99. The second-order valence-electron chi connectivity index (χ2n) is 4.72. The van der Waals surface area contributed by atoms with E-state index < -0.39 is 11.7 Å². The van der Waals surface area contributed by atoms with Crippen molar-refractivity contribution in [3.8, 4) is 0 Å². The van der Waals surface area contributed by atoms with Gasteiger partial charge in [-0.15, -0.1) is 0 Å². The van der Waals surface area contributed by atoms with Crippen LogP contribution in [0.15, 0.2) is 48.5 Å². The maximum absolute atomic E-state index is 12.7. The van der Waals surface area contributed by atoms with Crippen molar-refractivity contribution >= 4 is 33.7 Å². The lowest BCUT2D eigenvalue weighted by molar-refractivity contribution is -0.137. The number of nitrogens with one attached hydrogen (secondary N) is 1. The largest absolute Gasteiger partial charge is 0.416 e. The van der Waals surface area contributed by atoms with Gasteiger partial charge in [0.05, 0.1) is 21.6 Å². The number of rotatable bonds is 2. The zero-order valence-electron chi connectivity index (χ0n) is 11.2. The molecule has 112 valence electrons. The second-order valence-corrected chi connectivity index (χ2v) is 5.13. The molecule has 2 aromatic carbocycles. The van der Waals surface area contributed by atoms with Gasteiger partial charge in [-0.1, -0.05) is 35.9 Å². The van der Waals surface area contributed by atoms with Crippen molar-refractivity contribution in [3.63, 3.8) is 0 Å². The highest BCUT2D eigenvalue weighted by Gasteiger charge is 2.30. The maximum atomic E-state index is 12.7. The van der Waals surface area contributed by atoms with Gasteiger partial charge in [0.25, 0.3) is 0 Å². The normalized spacial score (nSPS) is 12.8. The molecular formula is C16H10ClF3N2. The van der Waals surface area contributed by atoms with Gasteiger partial charge >= 0.3 is 6.18 Å². The predicted octanol–water partition coefficient (Wildman–Crippen LogP) is 5.32. The van der Waals surface area contributed by atoms with E-state index in [4.69, 9.17) is 11.6 Å². The molecule has 22 heavy (non-hydrogen) atoms. The fourth-order valence-corrected chi connectivity index (χ4v) is 2.30. The van der Waals surface area contributed by atoms with Crippen LogP contribution in [0.4, 0.5) is 13.2 Å². The standard InChI is InChI=1S/C16H10ClF3N2/c17-12(15-21-13-6-1-2-7-14(13)22-15)9-10-4-3-5-11(8-10)16(18,19)20/h1-9H,(H,21,22)/b12-9+. The zero-order valence-corrected chi connectivity index (χ0v) is 11.9. The van der Waals surface area contributed by atoms with E-state index in [1.165, 1.54) is 12.1 Å². The van der Waals surface area contributed by atoms with Crippen LogP contribution in [0.2, 0.25) is 0 Å². The molecule has 6 heteroatoms. The fraction of sp³-hybridized carbons (Fsp3) is 0.0625. The third-order valence-corrected chi connectivity index (χ3v) is 3.41. The first-order chi connectivity index (χ1) is 10.4. The molecule has 0 aliphatic carbocycles. The molecule has 0 fully saturated rings. The summed E-state index contributed by atoms with van der Waals surface area (Å²) in [6.07, 6.45) is -2.93. The maximum Gasteiger partial charge on any atom is 0.416 e. The molecule has 3 aromatic rings. The van der Waals surface area contributed by atoms with Crippen molar-refractivity contribution in [1.29, 1.82) is 0 Å². The van der Waals surface area contributed by atoms with E-state index in [1.807, 2.05) is 24.3 Å². The summed E-state index contributed by atoms with van der Waals surface area (Å²) in [7, 11) is 0. The average molecular weight is 323 g/mol. The monoisotopic (exact) mass is 322 g/mol. The van der Waals surface area contributed by atoms with Gasteiger partial charge in [-0.3, -0.25) is 0 Å². The summed E-state index contributed by atoms with van der Waals surface area (Å²) in [5.74, 6) is 0.417. The number of benzene rings is 2. The van der Waals surface area contributed by atoms with Gasteiger partial charge in [-0.2, -0.15) is 13.2 Å². The molecule has 0 saturated carbocycles. The third-order valence-electron chi connectivity index (χ3n) is 3.12. The number of alkyl halides is 3. The van der Waals surface area contributed by atoms with Gasteiger partial charge < -0.3 is 4.98 Å². The number of hydrogen-bond donors (Lipinski definition) is 1. The van der Waals surface area contributed by atoms with E-state index in [-0.39, 0.29) is 5.03 Å². The van der Waals surface area contributed by atoms with Crippen molar-refractivity contribution < 1.29 is 13.2 Å². The Bertz CT molecular complexity index is 817. The molecule has 0 unspecified atom stereocenters. The molecule has 0 spiro atoms. The number of H-pyrrole nitrogens is 1. The second kappa shape index (κ2) is 5.50. The number of nitrogens with zero attached hydrogens (tertiary/aromatic N) is 1. The summed E-state index contributed by atoms with van der Waals surface area (Å²) in [6.45, 7) is 0. The van der Waals surface area contributed by atoms with Crippen LogP contribution in [0.1, 0.15) is 17.0 Å². The molecule has 0 aliphatic heterocycles. The summed E-state index contributed by atoms with van der Waals surface area (Å²) in [5.41, 5.74) is 1.21. The smallest absolute Gasteiger partial charge is 0.337 e. The number of halogens is 4. The highest BCUT2D eigenvalue weighted by atomic mass is 35.5. The summed E-state index contributed by atoms with van der Waals surface area (Å²) in [4.78, 5) is 7.33. The summed E-state index contributed by atoms with van der Waals surface area (Å²) in [5, 5.41) is 0.246. The molecule has 0 saturated heterocycles. The highest BCUT2D eigenvalue weighted by Crippen LogP contribution is 2.30. The molecule has 1 N–H and O–H groups in total. The first-order valence-electron chi connectivity index (χ1n) is 6.43. The van der Waals surface area contributed by atoms with Crippen LogP contribution < -0.4 is 0 Å². The summed E-state index contributed by atoms with van der Waals surface area (Å²) < 4.78 is 38.1. The van der Waals surface area contributed by atoms with Crippen LogP contribution in [0.5, 0.6) is 0 Å². The predicted molar refractivity (Wildman–Crippen MR) is 81.3 cm³/mol. The van der Waals surface area contributed by atoms with Gasteiger partial charge in [0, 0.05) is 0 Å². The minimum atomic E-state index is -4.38. The van der Waals surface area contributed by atoms with E-state index in [1.54, 1.807) is 6.07 Å². The van der Waals surface area contributed by atoms with Gasteiger partial charge in [0.1, 0.15) is 5.82 Å². The van der Waals surface area contributed by atoms with Crippen LogP contribution in [0.25, 0.3) is 22.1 Å². The Morgan fingerprint density at radius 2 is 1.86 bits per heavy atom. The van der Waals surface area contributed by atoms with E-state index in [9.17, 15) is 13.2 Å². The quantitative estimate of drug-likeness (QED) is 0.679. The molecule has 2 nitrogen and oxygen atoms in total. The number of para-hydroxylation sites is 2. The molecular weight excluding hydrogens is 313 g/mol. The van der Waals surface area contributed by atoms with Crippen LogP contribution in [-0.4, -0.2) is 9.97 Å². The van der Waals surface area contributed by atoms with Crippen LogP contribution >= 0.6 is 11.6 Å². The minimum absolute atomic E-state index is 0.246. The van der Waals surface area contributed by atoms with E-state index in [2.05, 4.69) is 9.97 Å². The Labute approximate surface area is 129 Å². The molecule has 1 heterocycles. The van der Waals surface area contributed by atoms with Gasteiger partial charge in [0.15, 0.2) is 0 Å². The van der Waals surface area contributed by atoms with Crippen molar-refractivity contribution in [2.75, 3.05) is 0 Å². The van der Waals surface area contributed by atoms with Gasteiger partial charge in [-0.05, 0) is 35.9 Å². The van der Waals surface area contributed by atoms with Crippen molar-refractivity contribution in [2.45, 2.75) is 6.18 Å². The number of aromatic amines is 1. The SMILES string of the molecule is FC(F)(F)c1cccc(/C=C(/Cl)c2nc3ccccc3[nH]2)c1. The lowest BCUT2D eigenvalue weighted by Gasteiger charge is -2.06. The fourth-order valence-electron chi connectivity index (χ4n) is 2.09. The van der Waals surface area contributed by atoms with Crippen molar-refractivity contribution in [2.24, 2.45) is 0 Å². The highest BCUT2D eigenvalue weighted by molar-refractivity contribution is 6.50. The van der Waals surface area contributed by atoms with Crippen LogP contribution in [0, 0.1) is 0 Å². The molecule has 0 atom stereocenters. The van der Waals surface area contributed by atoms with Crippen LogP contribution in [-0.2, 0) is 6.18 Å². The van der Waals surface area contributed by atoms with Gasteiger partial charge in [0.2, 0.25) is 0 Å². The summed E-state index contributed by atoms with van der Waals surface area (Å²) >= 11 is 6.16. The number of imidazole rings is 1. The first kappa shape index (κ1) is 14.7. The van der Waals surface area contributed by atoms with Crippen molar-refractivity contribution in [1.82, 2.24) is 9.97 Å². The Kier molecular flexibility index (Phi) is 3.66.